The van der Waals surface area contributed by atoms with Gasteiger partial charge in [0, 0.05) is 28.5 Å². The van der Waals surface area contributed by atoms with Gasteiger partial charge in [-0.25, -0.2) is 0 Å². The van der Waals surface area contributed by atoms with Gasteiger partial charge < -0.3 is 19.0 Å². The van der Waals surface area contributed by atoms with Crippen molar-refractivity contribution in [1.82, 2.24) is 14.8 Å². The molecule has 0 saturated carbocycles. The van der Waals surface area contributed by atoms with Crippen LogP contribution in [0.3, 0.4) is 0 Å². The monoisotopic (exact) mass is 410 g/mol. The summed E-state index contributed by atoms with van der Waals surface area (Å²) < 4.78 is 12.9. The van der Waals surface area contributed by atoms with E-state index in [0.29, 0.717) is 34.7 Å². The number of anilines is 1. The quantitative estimate of drug-likeness (QED) is 0.504. The molecule has 2 aromatic heterocycles. The second kappa shape index (κ2) is 7.97. The van der Waals surface area contributed by atoms with Crippen LogP contribution in [-0.2, 0) is 17.8 Å². The fourth-order valence-electron chi connectivity index (χ4n) is 3.18. The summed E-state index contributed by atoms with van der Waals surface area (Å²) in [5, 5.41) is 12.5. The molecule has 0 bridgehead atoms. The standard InChI is InChI=1S/C21H19ClN4O3/c1-3-20-24-25-21(29-20)15-11-26(17-7-5-4-6-14(15)17)12-19(27)23-16-10-13(22)8-9-18(16)28-2/h4-11H,3,12H2,1-2H3,(H,23,27). The van der Waals surface area contributed by atoms with Crippen LogP contribution in [0, 0.1) is 0 Å². The van der Waals surface area contributed by atoms with Crippen LogP contribution in [0.2, 0.25) is 5.02 Å². The zero-order chi connectivity index (χ0) is 20.4. The molecule has 0 radical (unpaired) electrons. The first kappa shape index (κ1) is 19.0. The van der Waals surface area contributed by atoms with Crippen molar-refractivity contribution in [2.75, 3.05) is 12.4 Å². The molecule has 2 aromatic carbocycles. The third-order valence-corrected chi connectivity index (χ3v) is 4.77. The second-order valence-corrected chi connectivity index (χ2v) is 6.87. The van der Waals surface area contributed by atoms with Crippen LogP contribution in [-0.4, -0.2) is 27.8 Å². The summed E-state index contributed by atoms with van der Waals surface area (Å²) in [7, 11) is 1.54. The molecule has 29 heavy (non-hydrogen) atoms. The molecule has 0 aliphatic heterocycles. The smallest absolute Gasteiger partial charge is 0.249 e. The van der Waals surface area contributed by atoms with Gasteiger partial charge in [0.15, 0.2) is 0 Å². The number of benzene rings is 2. The van der Waals surface area contributed by atoms with Crippen molar-refractivity contribution in [2.24, 2.45) is 0 Å². The summed E-state index contributed by atoms with van der Waals surface area (Å²) in [4.78, 5) is 12.7. The molecule has 1 N–H and O–H groups in total. The zero-order valence-corrected chi connectivity index (χ0v) is 16.7. The number of hydrogen-bond donors (Lipinski definition) is 1. The van der Waals surface area contributed by atoms with Crippen LogP contribution in [0.5, 0.6) is 5.75 Å². The van der Waals surface area contributed by atoms with Gasteiger partial charge in [-0.2, -0.15) is 0 Å². The topological polar surface area (TPSA) is 82.2 Å². The van der Waals surface area contributed by atoms with Crippen molar-refractivity contribution in [3.63, 3.8) is 0 Å². The summed E-state index contributed by atoms with van der Waals surface area (Å²) in [6.45, 7) is 2.06. The molecule has 7 nitrogen and oxygen atoms in total. The minimum atomic E-state index is -0.211. The van der Waals surface area contributed by atoms with Crippen LogP contribution < -0.4 is 10.1 Å². The van der Waals surface area contributed by atoms with Crippen molar-refractivity contribution >= 4 is 34.1 Å². The Morgan fingerprint density at radius 2 is 2.07 bits per heavy atom. The third-order valence-electron chi connectivity index (χ3n) is 4.54. The maximum Gasteiger partial charge on any atom is 0.249 e. The van der Waals surface area contributed by atoms with Gasteiger partial charge in [0.2, 0.25) is 17.7 Å². The molecule has 0 fully saturated rings. The first-order chi connectivity index (χ1) is 14.1. The van der Waals surface area contributed by atoms with Crippen LogP contribution in [0.25, 0.3) is 22.4 Å². The molecule has 0 atom stereocenters. The van der Waals surface area contributed by atoms with E-state index in [4.69, 9.17) is 20.8 Å². The number of methoxy groups -OCH3 is 1. The first-order valence-electron chi connectivity index (χ1n) is 9.13. The lowest BCUT2D eigenvalue weighted by Crippen LogP contribution is -2.18. The van der Waals surface area contributed by atoms with Gasteiger partial charge in [-0.3, -0.25) is 4.79 Å². The largest absolute Gasteiger partial charge is 0.495 e. The molecule has 8 heteroatoms. The van der Waals surface area contributed by atoms with Crippen molar-refractivity contribution in [1.29, 1.82) is 0 Å². The van der Waals surface area contributed by atoms with Crippen LogP contribution in [0.4, 0.5) is 5.69 Å². The Kier molecular flexibility index (Phi) is 5.22. The number of halogens is 1. The Morgan fingerprint density at radius 3 is 2.83 bits per heavy atom. The molecular formula is C21H19ClN4O3. The average molecular weight is 411 g/mol. The summed E-state index contributed by atoms with van der Waals surface area (Å²) >= 11 is 6.05. The molecular weight excluding hydrogens is 392 g/mol. The highest BCUT2D eigenvalue weighted by Gasteiger charge is 2.17. The van der Waals surface area contributed by atoms with E-state index in [9.17, 15) is 4.79 Å². The number of rotatable bonds is 6. The SMILES string of the molecule is CCc1nnc(-c2cn(CC(=O)Nc3cc(Cl)ccc3OC)c3ccccc23)o1. The summed E-state index contributed by atoms with van der Waals surface area (Å²) in [5.41, 5.74) is 2.21. The van der Waals surface area contributed by atoms with E-state index in [0.717, 1.165) is 16.5 Å². The first-order valence-corrected chi connectivity index (χ1v) is 9.51. The van der Waals surface area contributed by atoms with Gasteiger partial charge in [0.1, 0.15) is 12.3 Å². The van der Waals surface area contributed by atoms with Gasteiger partial charge in [-0.15, -0.1) is 10.2 Å². The summed E-state index contributed by atoms with van der Waals surface area (Å²) in [6.07, 6.45) is 2.52. The number of aromatic nitrogens is 3. The molecule has 2 heterocycles. The van der Waals surface area contributed by atoms with Crippen LogP contribution in [0.1, 0.15) is 12.8 Å². The molecule has 0 unspecified atom stereocenters. The normalized spacial score (nSPS) is 11.0. The van der Waals surface area contributed by atoms with E-state index < -0.39 is 0 Å². The van der Waals surface area contributed by atoms with Crippen molar-refractivity contribution < 1.29 is 13.9 Å². The summed E-state index contributed by atoms with van der Waals surface area (Å²) in [6, 6.07) is 12.8. The van der Waals surface area contributed by atoms with E-state index >= 15 is 0 Å². The number of nitrogens with one attached hydrogen (secondary N) is 1. The molecule has 0 aliphatic carbocycles. The minimum Gasteiger partial charge on any atom is -0.495 e. The van der Waals surface area contributed by atoms with Crippen molar-refractivity contribution in [3.8, 4) is 17.2 Å². The molecule has 1 amide bonds. The predicted octanol–water partition coefficient (Wildman–Crippen LogP) is 4.55. The highest BCUT2D eigenvalue weighted by atomic mass is 35.5. The zero-order valence-electron chi connectivity index (χ0n) is 16.0. The summed E-state index contributed by atoms with van der Waals surface area (Å²) in [5.74, 6) is 1.34. The average Bonchev–Trinajstić information content (AvgIpc) is 3.33. The number of nitrogens with zero attached hydrogens (tertiary/aromatic N) is 3. The highest BCUT2D eigenvalue weighted by molar-refractivity contribution is 6.31. The Labute approximate surface area is 172 Å². The number of fused-ring (bicyclic) bond motifs is 1. The van der Waals surface area contributed by atoms with Gasteiger partial charge >= 0.3 is 0 Å². The molecule has 0 spiro atoms. The van der Waals surface area contributed by atoms with Gasteiger partial charge in [-0.05, 0) is 24.3 Å². The predicted molar refractivity (Wildman–Crippen MR) is 111 cm³/mol. The fraction of sp³-hybridized carbons (Fsp3) is 0.190. The molecule has 0 aliphatic rings. The maximum absolute atomic E-state index is 12.7. The van der Waals surface area contributed by atoms with Crippen molar-refractivity contribution in [3.05, 3.63) is 59.6 Å². The number of aryl methyl sites for hydroxylation is 1. The molecule has 4 rings (SSSR count). The van der Waals surface area contributed by atoms with Gasteiger partial charge in [-0.1, -0.05) is 36.7 Å². The lowest BCUT2D eigenvalue weighted by molar-refractivity contribution is -0.116. The Bertz CT molecular complexity index is 1180. The maximum atomic E-state index is 12.7. The minimum absolute atomic E-state index is 0.102. The lowest BCUT2D eigenvalue weighted by Gasteiger charge is -2.11. The Hall–Kier alpha value is -3.32. The number of carbonyl (C=O) groups excluding carboxylic acids is 1. The van der Waals surface area contributed by atoms with Gasteiger partial charge in [0.05, 0.1) is 18.4 Å². The van der Waals surface area contributed by atoms with Gasteiger partial charge in [0.25, 0.3) is 0 Å². The fourth-order valence-corrected chi connectivity index (χ4v) is 3.35. The number of ether oxygens (including phenoxy) is 1. The number of para-hydroxylation sites is 1. The Balaban J connectivity index is 1.65. The number of carbonyl (C=O) groups is 1. The van der Waals surface area contributed by atoms with E-state index in [1.54, 1.807) is 25.3 Å². The second-order valence-electron chi connectivity index (χ2n) is 6.44. The Morgan fingerprint density at radius 1 is 1.24 bits per heavy atom. The van der Waals surface area contributed by atoms with Crippen molar-refractivity contribution in [2.45, 2.75) is 19.9 Å². The van der Waals surface area contributed by atoms with Crippen LogP contribution >= 0.6 is 11.6 Å². The van der Waals surface area contributed by atoms with E-state index in [2.05, 4.69) is 15.5 Å². The molecule has 4 aromatic rings. The highest BCUT2D eigenvalue weighted by Crippen LogP contribution is 2.31. The van der Waals surface area contributed by atoms with Crippen LogP contribution in [0.15, 0.2) is 53.1 Å². The third kappa shape index (κ3) is 3.82. The lowest BCUT2D eigenvalue weighted by atomic mass is 10.2. The number of hydrogen-bond acceptors (Lipinski definition) is 5. The molecule has 148 valence electrons. The van der Waals surface area contributed by atoms with E-state index in [1.165, 1.54) is 0 Å². The van der Waals surface area contributed by atoms with E-state index in [1.807, 2.05) is 42.0 Å². The number of amides is 1. The molecule has 0 saturated heterocycles. The van der Waals surface area contributed by atoms with E-state index in [-0.39, 0.29) is 12.5 Å².